The third kappa shape index (κ3) is 3.71. The van der Waals surface area contributed by atoms with Crippen LogP contribution >= 0.6 is 0 Å². The maximum atomic E-state index is 12.2. The lowest BCUT2D eigenvalue weighted by atomic mass is 9.90. The van der Waals surface area contributed by atoms with Gasteiger partial charge in [-0.15, -0.1) is 0 Å². The number of hydrogen-bond donors (Lipinski definition) is 0. The van der Waals surface area contributed by atoms with Gasteiger partial charge in [0.15, 0.2) is 0 Å². The second-order valence-corrected chi connectivity index (χ2v) is 8.27. The van der Waals surface area contributed by atoms with Gasteiger partial charge in [0, 0.05) is 24.3 Å². The van der Waals surface area contributed by atoms with Crippen LogP contribution < -0.4 is 9.80 Å². The van der Waals surface area contributed by atoms with E-state index in [9.17, 15) is 19.2 Å². The first-order valence-corrected chi connectivity index (χ1v) is 11.1. The van der Waals surface area contributed by atoms with Gasteiger partial charge in [-0.3, -0.25) is 19.2 Å². The van der Waals surface area contributed by atoms with Crippen molar-refractivity contribution in [1.29, 1.82) is 0 Å². The van der Waals surface area contributed by atoms with E-state index < -0.39 is 0 Å². The number of carbonyl (C=O) groups is 4. The Bertz CT molecular complexity index is 1140. The smallest absolute Gasteiger partial charge is 0.258 e. The van der Waals surface area contributed by atoms with Gasteiger partial charge >= 0.3 is 0 Å². The van der Waals surface area contributed by atoms with Crippen LogP contribution in [0.15, 0.2) is 48.6 Å². The molecule has 2 aliphatic rings. The molecule has 0 aromatic heterocycles. The summed E-state index contributed by atoms with van der Waals surface area (Å²) >= 11 is 0. The van der Waals surface area contributed by atoms with E-state index in [2.05, 4.69) is 0 Å². The highest BCUT2D eigenvalue weighted by atomic mass is 16.2. The number of imide groups is 2. The summed E-state index contributed by atoms with van der Waals surface area (Å²) < 4.78 is 0. The Hall–Kier alpha value is -3.80. The number of nitrogens with zero attached hydrogens (tertiary/aromatic N) is 2. The number of benzene rings is 2. The summed E-state index contributed by atoms with van der Waals surface area (Å²) in [6.45, 7) is 8.07. The number of hydrogen-bond acceptors (Lipinski definition) is 4. The van der Waals surface area contributed by atoms with Crippen LogP contribution in [0, 0.1) is 13.8 Å². The largest absolute Gasteiger partial charge is 0.269 e. The molecule has 6 heteroatoms. The maximum absolute atomic E-state index is 12.2. The Kier molecular flexibility index (Phi) is 5.85. The molecule has 0 aliphatic carbocycles. The van der Waals surface area contributed by atoms with Crippen LogP contribution in [0.4, 0.5) is 11.4 Å². The lowest BCUT2D eigenvalue weighted by Gasteiger charge is -2.23. The third-order valence-electron chi connectivity index (χ3n) is 6.56. The fraction of sp³-hybridized carbons (Fsp3) is 0.259. The summed E-state index contributed by atoms with van der Waals surface area (Å²) in [6.07, 6.45) is 7.24. The van der Waals surface area contributed by atoms with Gasteiger partial charge in [-0.25, -0.2) is 9.80 Å². The van der Waals surface area contributed by atoms with Gasteiger partial charge in [0.25, 0.3) is 23.6 Å². The van der Waals surface area contributed by atoms with Crippen molar-refractivity contribution < 1.29 is 19.2 Å². The van der Waals surface area contributed by atoms with Crippen LogP contribution in [-0.4, -0.2) is 23.6 Å². The molecule has 0 bridgehead atoms. The Balaban J connectivity index is 1.71. The zero-order valence-corrected chi connectivity index (χ0v) is 19.3. The lowest BCUT2D eigenvalue weighted by molar-refractivity contribution is -0.121. The quantitative estimate of drug-likeness (QED) is 0.637. The van der Waals surface area contributed by atoms with Crippen LogP contribution in [0.2, 0.25) is 0 Å². The summed E-state index contributed by atoms with van der Waals surface area (Å²) in [7, 11) is 0. The predicted molar refractivity (Wildman–Crippen MR) is 127 cm³/mol. The molecule has 4 amide bonds. The maximum Gasteiger partial charge on any atom is 0.258 e. The molecule has 2 aromatic rings. The van der Waals surface area contributed by atoms with Crippen LogP contribution in [0.1, 0.15) is 47.2 Å². The monoisotopic (exact) mass is 442 g/mol. The summed E-state index contributed by atoms with van der Waals surface area (Å²) in [4.78, 5) is 51.3. The Morgan fingerprint density at radius 3 is 1.21 bits per heavy atom. The van der Waals surface area contributed by atoms with Crippen LogP contribution in [-0.2, 0) is 38.4 Å². The average molecular weight is 443 g/mol. The summed E-state index contributed by atoms with van der Waals surface area (Å²) in [6, 6.07) is 7.64. The van der Waals surface area contributed by atoms with Gasteiger partial charge in [0.05, 0.1) is 11.4 Å². The minimum atomic E-state index is -0.318. The summed E-state index contributed by atoms with van der Waals surface area (Å²) in [5.41, 5.74) is 7.55. The molecule has 6 nitrogen and oxygen atoms in total. The van der Waals surface area contributed by atoms with E-state index in [4.69, 9.17) is 0 Å². The molecule has 0 spiro atoms. The Morgan fingerprint density at radius 2 is 0.909 bits per heavy atom. The molecular formula is C27H26N2O4. The fourth-order valence-corrected chi connectivity index (χ4v) is 4.76. The Morgan fingerprint density at radius 1 is 0.576 bits per heavy atom. The van der Waals surface area contributed by atoms with E-state index in [0.717, 1.165) is 33.4 Å². The predicted octanol–water partition coefficient (Wildman–Crippen LogP) is 3.88. The zero-order chi connectivity index (χ0) is 23.9. The first-order chi connectivity index (χ1) is 15.8. The highest BCUT2D eigenvalue weighted by Crippen LogP contribution is 2.33. The van der Waals surface area contributed by atoms with Gasteiger partial charge in [-0.2, -0.15) is 0 Å². The summed E-state index contributed by atoms with van der Waals surface area (Å²) in [5, 5.41) is 0. The van der Waals surface area contributed by atoms with Crippen molar-refractivity contribution in [3.05, 3.63) is 82.0 Å². The van der Waals surface area contributed by atoms with E-state index >= 15 is 0 Å². The summed E-state index contributed by atoms with van der Waals surface area (Å²) in [5.74, 6) is -1.27. The van der Waals surface area contributed by atoms with Crippen LogP contribution in [0.25, 0.3) is 0 Å². The lowest BCUT2D eigenvalue weighted by Crippen LogP contribution is -2.31. The number of anilines is 2. The molecular weight excluding hydrogens is 416 g/mol. The molecule has 0 N–H and O–H groups in total. The molecule has 168 valence electrons. The van der Waals surface area contributed by atoms with Crippen molar-refractivity contribution in [3.8, 4) is 0 Å². The van der Waals surface area contributed by atoms with Gasteiger partial charge < -0.3 is 0 Å². The molecule has 2 aliphatic heterocycles. The van der Waals surface area contributed by atoms with Gasteiger partial charge in [0.1, 0.15) is 0 Å². The van der Waals surface area contributed by atoms with E-state index in [0.29, 0.717) is 30.6 Å². The van der Waals surface area contributed by atoms with Gasteiger partial charge in [-0.05, 0) is 78.6 Å². The molecule has 2 heterocycles. The Labute approximate surface area is 193 Å². The van der Waals surface area contributed by atoms with Gasteiger partial charge in [0.2, 0.25) is 0 Å². The number of rotatable bonds is 6. The molecule has 0 radical (unpaired) electrons. The molecule has 0 fully saturated rings. The highest BCUT2D eigenvalue weighted by molar-refractivity contribution is 6.29. The first kappa shape index (κ1) is 22.4. The van der Waals surface area contributed by atoms with Crippen molar-refractivity contribution in [2.75, 3.05) is 9.80 Å². The van der Waals surface area contributed by atoms with Crippen molar-refractivity contribution in [3.63, 3.8) is 0 Å². The van der Waals surface area contributed by atoms with Crippen LogP contribution in [0.3, 0.4) is 0 Å². The molecule has 2 aromatic carbocycles. The fourth-order valence-electron chi connectivity index (χ4n) is 4.76. The normalized spacial score (nSPS) is 15.5. The van der Waals surface area contributed by atoms with E-state index in [1.165, 1.54) is 34.1 Å². The average Bonchev–Trinajstić information content (AvgIpc) is 3.30. The number of carbonyl (C=O) groups excluding carboxylic acids is 4. The molecule has 0 unspecified atom stereocenters. The molecule has 0 saturated carbocycles. The number of amides is 4. The van der Waals surface area contributed by atoms with E-state index in [1.807, 2.05) is 52.0 Å². The third-order valence-corrected chi connectivity index (χ3v) is 6.56. The van der Waals surface area contributed by atoms with Crippen molar-refractivity contribution >= 4 is 35.0 Å². The van der Waals surface area contributed by atoms with Crippen molar-refractivity contribution in [2.45, 2.75) is 47.0 Å². The van der Waals surface area contributed by atoms with E-state index in [-0.39, 0.29) is 23.6 Å². The highest BCUT2D eigenvalue weighted by Gasteiger charge is 2.29. The topological polar surface area (TPSA) is 74.8 Å². The van der Waals surface area contributed by atoms with Gasteiger partial charge in [-0.1, -0.05) is 26.0 Å². The van der Waals surface area contributed by atoms with Crippen molar-refractivity contribution in [2.24, 2.45) is 0 Å². The standard InChI is InChI=1S/C27H26N2O4/c1-5-20-16(3)18(7-9-22(20)28-24(30)11-12-25(28)31)15-19-8-10-23(21(6-2)17(19)4)29-26(32)13-14-27(29)33/h7-14H,5-6,15H2,1-4H3. The van der Waals surface area contributed by atoms with Crippen LogP contribution in [0.5, 0.6) is 0 Å². The molecule has 0 saturated heterocycles. The second kappa shape index (κ2) is 8.62. The first-order valence-electron chi connectivity index (χ1n) is 11.1. The molecule has 33 heavy (non-hydrogen) atoms. The second-order valence-electron chi connectivity index (χ2n) is 8.27. The zero-order valence-electron chi connectivity index (χ0n) is 19.3. The minimum Gasteiger partial charge on any atom is -0.269 e. The minimum absolute atomic E-state index is 0.318. The molecule has 4 rings (SSSR count). The molecule has 0 atom stereocenters. The van der Waals surface area contributed by atoms with E-state index in [1.54, 1.807) is 0 Å². The van der Waals surface area contributed by atoms with Crippen molar-refractivity contribution in [1.82, 2.24) is 0 Å². The SMILES string of the molecule is CCc1c(N2C(=O)C=CC2=O)ccc(Cc2ccc(N3C(=O)C=CC3=O)c(CC)c2C)c1C.